The number of carbonyl (C=O) groups is 1. The minimum atomic E-state index is -0.750. The van der Waals surface area contributed by atoms with Gasteiger partial charge in [-0.15, -0.1) is 0 Å². The van der Waals surface area contributed by atoms with Crippen molar-refractivity contribution in [3.05, 3.63) is 59.0 Å². The maximum Gasteiger partial charge on any atom is 0.347 e. The van der Waals surface area contributed by atoms with Crippen LogP contribution >= 0.6 is 0 Å². The number of aromatic hydroxyl groups is 2. The third-order valence-electron chi connectivity index (χ3n) is 4.50. The molecule has 0 aliphatic carbocycles. The molecule has 0 fully saturated rings. The molecule has 0 atom stereocenters. The van der Waals surface area contributed by atoms with Crippen molar-refractivity contribution in [2.75, 3.05) is 11.9 Å². The van der Waals surface area contributed by atoms with E-state index >= 15 is 0 Å². The predicted molar refractivity (Wildman–Crippen MR) is 113 cm³/mol. The number of anilines is 2. The average molecular weight is 405 g/mol. The summed E-state index contributed by atoms with van der Waals surface area (Å²) in [5.41, 5.74) is 2.46. The maximum atomic E-state index is 12.5. The van der Waals surface area contributed by atoms with Gasteiger partial charge in [-0.1, -0.05) is 6.07 Å². The van der Waals surface area contributed by atoms with E-state index < -0.39 is 5.97 Å². The molecule has 152 valence electrons. The molecule has 0 spiro atoms. The van der Waals surface area contributed by atoms with Crippen molar-refractivity contribution in [2.45, 2.75) is 13.8 Å². The van der Waals surface area contributed by atoms with Crippen LogP contribution in [0.25, 0.3) is 11.6 Å². The summed E-state index contributed by atoms with van der Waals surface area (Å²) >= 11 is 0. The van der Waals surface area contributed by atoms with E-state index in [0.717, 1.165) is 11.1 Å². The number of aromatic nitrogens is 1. The number of allylic oxidation sites excluding steroid dienone is 1. The molecule has 0 saturated heterocycles. The van der Waals surface area contributed by atoms with Crippen molar-refractivity contribution < 1.29 is 24.2 Å². The molecule has 0 saturated carbocycles. The Labute approximate surface area is 172 Å². The largest absolute Gasteiger partial charge is 0.506 e. The molecule has 1 aromatic carbocycles. The zero-order chi connectivity index (χ0) is 21.3. The van der Waals surface area contributed by atoms with Crippen molar-refractivity contribution in [1.29, 1.82) is 0 Å². The molecule has 3 aromatic rings. The van der Waals surface area contributed by atoms with Crippen molar-refractivity contribution in [3.8, 4) is 11.5 Å². The van der Waals surface area contributed by atoms with Crippen LogP contribution in [0.5, 0.6) is 11.5 Å². The van der Waals surface area contributed by atoms with Gasteiger partial charge in [-0.25, -0.2) is 14.8 Å². The van der Waals surface area contributed by atoms with Crippen molar-refractivity contribution in [2.24, 2.45) is 4.99 Å². The zero-order valence-electron chi connectivity index (χ0n) is 16.3. The molecule has 8 heteroatoms. The Hall–Kier alpha value is -4.07. The summed E-state index contributed by atoms with van der Waals surface area (Å²) in [6.45, 7) is 3.63. The lowest BCUT2D eigenvalue weighted by molar-refractivity contribution is 0.0524. The maximum absolute atomic E-state index is 12.5. The van der Waals surface area contributed by atoms with Crippen LogP contribution in [0.4, 0.5) is 17.4 Å². The number of hydrogen-bond donors (Lipinski definition) is 3. The Balaban J connectivity index is 1.78. The minimum absolute atomic E-state index is 0.0245. The lowest BCUT2D eigenvalue weighted by atomic mass is 10.1. The number of furan rings is 1. The Kier molecular flexibility index (Phi) is 4.97. The molecule has 0 unspecified atom stereocenters. The van der Waals surface area contributed by atoms with Gasteiger partial charge in [0.2, 0.25) is 5.88 Å². The Bertz CT molecular complexity index is 1190. The number of benzene rings is 1. The van der Waals surface area contributed by atoms with Crippen LogP contribution < -0.4 is 5.32 Å². The standard InChI is InChI=1S/C22H19N3O5/c1-3-29-22(28)18-19(27)17(10-13-11-24-20-14(13)5-4-8-23-20)30-21(18)25-15-7-6-12(2)9-16(15)26/h4-11,25-27H,3H2,1-2H3. The number of rotatable bonds is 5. The number of phenolic OH excluding ortho intramolecular Hbond substituents is 1. The number of hydrogen-bond acceptors (Lipinski definition) is 8. The quantitative estimate of drug-likeness (QED) is 0.420. The first-order valence-corrected chi connectivity index (χ1v) is 9.28. The Morgan fingerprint density at radius 3 is 2.90 bits per heavy atom. The summed E-state index contributed by atoms with van der Waals surface area (Å²) in [6, 6.07) is 8.62. The number of nitrogens with zero attached hydrogens (tertiary/aromatic N) is 2. The van der Waals surface area contributed by atoms with E-state index in [2.05, 4.69) is 15.3 Å². The van der Waals surface area contributed by atoms with Crippen LogP contribution in [0.1, 0.15) is 34.2 Å². The Morgan fingerprint density at radius 1 is 1.30 bits per heavy atom. The number of carbonyl (C=O) groups excluding carboxylic acids is 1. The molecule has 0 radical (unpaired) electrons. The number of esters is 1. The number of aryl methyl sites for hydroxylation is 1. The van der Waals surface area contributed by atoms with E-state index in [-0.39, 0.29) is 35.3 Å². The Morgan fingerprint density at radius 2 is 2.13 bits per heavy atom. The molecule has 0 amide bonds. The van der Waals surface area contributed by atoms with Crippen molar-refractivity contribution >= 4 is 41.2 Å². The van der Waals surface area contributed by atoms with E-state index in [0.29, 0.717) is 17.1 Å². The summed E-state index contributed by atoms with van der Waals surface area (Å²) in [7, 11) is 0. The van der Waals surface area contributed by atoms with Gasteiger partial charge in [0.05, 0.1) is 12.3 Å². The fraction of sp³-hybridized carbons (Fsp3) is 0.136. The third-order valence-corrected chi connectivity index (χ3v) is 4.50. The number of nitrogens with one attached hydrogen (secondary N) is 1. The highest BCUT2D eigenvalue weighted by atomic mass is 16.5. The van der Waals surface area contributed by atoms with E-state index in [4.69, 9.17) is 9.15 Å². The van der Waals surface area contributed by atoms with Gasteiger partial charge in [0.1, 0.15) is 5.75 Å². The monoisotopic (exact) mass is 405 g/mol. The van der Waals surface area contributed by atoms with Gasteiger partial charge in [-0.05, 0) is 49.8 Å². The molecule has 1 aliphatic heterocycles. The second-order valence-electron chi connectivity index (χ2n) is 6.62. The van der Waals surface area contributed by atoms with E-state index in [9.17, 15) is 15.0 Å². The van der Waals surface area contributed by atoms with Gasteiger partial charge >= 0.3 is 5.97 Å². The van der Waals surface area contributed by atoms with E-state index in [1.807, 2.05) is 13.0 Å². The fourth-order valence-electron chi connectivity index (χ4n) is 3.07. The summed E-state index contributed by atoms with van der Waals surface area (Å²) in [6.07, 6.45) is 4.80. The molecule has 0 bridgehead atoms. The number of pyridine rings is 1. The topological polar surface area (TPSA) is 117 Å². The molecule has 8 nitrogen and oxygen atoms in total. The third kappa shape index (κ3) is 3.50. The van der Waals surface area contributed by atoms with Crippen LogP contribution in [-0.4, -0.2) is 34.0 Å². The van der Waals surface area contributed by atoms with Gasteiger partial charge in [-0.2, -0.15) is 0 Å². The summed E-state index contributed by atoms with van der Waals surface area (Å²) in [4.78, 5) is 20.9. The number of aliphatic imine (C=N–C) groups is 1. The van der Waals surface area contributed by atoms with Gasteiger partial charge in [0.25, 0.3) is 0 Å². The SMILES string of the molecule is CCOC(=O)c1c(Nc2ccc(C)cc2O)oc(C=C2C=Nc3ncccc32)c1O. The van der Waals surface area contributed by atoms with E-state index in [1.165, 1.54) is 0 Å². The highest BCUT2D eigenvalue weighted by Gasteiger charge is 2.27. The first-order valence-electron chi connectivity index (χ1n) is 9.28. The molecule has 4 rings (SSSR count). The highest BCUT2D eigenvalue weighted by molar-refractivity contribution is 6.21. The molecule has 3 N–H and O–H groups in total. The average Bonchev–Trinajstić information content (AvgIpc) is 3.26. The normalized spacial score (nSPS) is 13.5. The molecule has 3 heterocycles. The number of phenols is 1. The minimum Gasteiger partial charge on any atom is -0.506 e. The van der Waals surface area contributed by atoms with Gasteiger partial charge < -0.3 is 24.7 Å². The molecule has 30 heavy (non-hydrogen) atoms. The van der Waals surface area contributed by atoms with Crippen LogP contribution in [-0.2, 0) is 4.74 Å². The fourth-order valence-corrected chi connectivity index (χ4v) is 3.07. The second kappa shape index (κ2) is 7.75. The first-order chi connectivity index (χ1) is 14.5. The predicted octanol–water partition coefficient (Wildman–Crippen LogP) is 4.57. The summed E-state index contributed by atoms with van der Waals surface area (Å²) in [5, 5.41) is 23.7. The molecular weight excluding hydrogens is 386 g/mol. The van der Waals surface area contributed by atoms with Crippen molar-refractivity contribution in [3.63, 3.8) is 0 Å². The second-order valence-corrected chi connectivity index (χ2v) is 6.62. The van der Waals surface area contributed by atoms with Crippen molar-refractivity contribution in [1.82, 2.24) is 4.98 Å². The zero-order valence-corrected chi connectivity index (χ0v) is 16.3. The van der Waals surface area contributed by atoms with Crippen LogP contribution in [0.2, 0.25) is 0 Å². The van der Waals surface area contributed by atoms with Crippen LogP contribution in [0.3, 0.4) is 0 Å². The van der Waals surface area contributed by atoms with Gasteiger partial charge in [0.15, 0.2) is 22.9 Å². The molecular formula is C22H19N3O5. The molecule has 1 aliphatic rings. The van der Waals surface area contributed by atoms with Gasteiger partial charge in [0, 0.05) is 23.5 Å². The van der Waals surface area contributed by atoms with E-state index in [1.54, 1.807) is 49.7 Å². The first kappa shape index (κ1) is 19.3. The number of fused-ring (bicyclic) bond motifs is 1. The smallest absolute Gasteiger partial charge is 0.347 e. The lowest BCUT2D eigenvalue weighted by Crippen LogP contribution is -2.06. The lowest BCUT2D eigenvalue weighted by Gasteiger charge is -2.08. The van der Waals surface area contributed by atoms with Gasteiger partial charge in [-0.3, -0.25) is 0 Å². The number of ether oxygens (including phenoxy) is 1. The molecule has 2 aromatic heterocycles. The summed E-state index contributed by atoms with van der Waals surface area (Å²) in [5.74, 6) is -0.587. The summed E-state index contributed by atoms with van der Waals surface area (Å²) < 4.78 is 10.8. The van der Waals surface area contributed by atoms with Crippen LogP contribution in [0.15, 0.2) is 45.9 Å². The van der Waals surface area contributed by atoms with Crippen LogP contribution in [0, 0.1) is 6.92 Å². The highest BCUT2D eigenvalue weighted by Crippen LogP contribution is 2.40.